The van der Waals surface area contributed by atoms with E-state index in [2.05, 4.69) is 0 Å². The number of aromatic hydroxyl groups is 2. The van der Waals surface area contributed by atoms with Crippen LogP contribution in [0.3, 0.4) is 0 Å². The molecule has 0 saturated carbocycles. The Balaban J connectivity index is 2.53. The van der Waals surface area contributed by atoms with Crippen molar-refractivity contribution in [3.63, 3.8) is 0 Å². The first kappa shape index (κ1) is 15.5. The molecule has 0 radical (unpaired) electrons. The number of hydrogen-bond donors (Lipinski definition) is 2. The fraction of sp³-hybridized carbons (Fsp3) is 0.385. The van der Waals surface area contributed by atoms with Gasteiger partial charge in [0.05, 0.1) is 10.1 Å². The number of phenols is 2. The van der Waals surface area contributed by atoms with Gasteiger partial charge in [0.1, 0.15) is 11.5 Å². The van der Waals surface area contributed by atoms with Crippen LogP contribution in [0.4, 0.5) is 0 Å². The maximum atomic E-state index is 10.2. The molecule has 0 amide bonds. The number of ether oxygens (including phenoxy) is 2. The lowest BCUT2D eigenvalue weighted by atomic mass is 9.94. The highest BCUT2D eigenvalue weighted by molar-refractivity contribution is 6.52. The van der Waals surface area contributed by atoms with Crippen LogP contribution in [-0.2, 0) is 19.2 Å². The average Bonchev–Trinajstić information content (AvgIpc) is 2.72. The third-order valence-corrected chi connectivity index (χ3v) is 6.62. The maximum absolute atomic E-state index is 10.2. The van der Waals surface area contributed by atoms with E-state index in [1.807, 2.05) is 0 Å². The van der Waals surface area contributed by atoms with Crippen molar-refractivity contribution in [3.05, 3.63) is 33.3 Å². The van der Waals surface area contributed by atoms with E-state index in [0.29, 0.717) is 0 Å². The summed E-state index contributed by atoms with van der Waals surface area (Å²) in [5, 5.41) is 20.4. The number of rotatable bonds is 2. The zero-order valence-electron chi connectivity index (χ0n) is 10.9. The van der Waals surface area contributed by atoms with Crippen LogP contribution in [-0.4, -0.2) is 30.2 Å². The molecule has 0 saturated heterocycles. The Bertz CT molecular complexity index is 632. The van der Waals surface area contributed by atoms with Crippen LogP contribution in [0.2, 0.25) is 0 Å². The number of benzene rings is 1. The van der Waals surface area contributed by atoms with Crippen LogP contribution < -0.4 is 0 Å². The second-order valence-corrected chi connectivity index (χ2v) is 6.71. The molecule has 2 atom stereocenters. The lowest BCUT2D eigenvalue weighted by Gasteiger charge is -2.40. The maximum Gasteiger partial charge on any atom is 0.226 e. The third-order valence-electron chi connectivity index (χ3n) is 4.13. The molecular weight excluding hydrogens is 362 g/mol. The van der Waals surface area contributed by atoms with Crippen LogP contribution >= 0.6 is 46.4 Å². The molecule has 1 aromatic rings. The fourth-order valence-electron chi connectivity index (χ4n) is 3.30. The van der Waals surface area contributed by atoms with Crippen LogP contribution in [0.25, 0.3) is 0 Å². The van der Waals surface area contributed by atoms with Gasteiger partial charge in [0.15, 0.2) is 9.75 Å². The number of halogens is 4. The highest BCUT2D eigenvalue weighted by atomic mass is 35.5. The molecule has 114 valence electrons. The Morgan fingerprint density at radius 2 is 1.19 bits per heavy atom. The van der Waals surface area contributed by atoms with Crippen molar-refractivity contribution < 1.29 is 19.7 Å². The summed E-state index contributed by atoms with van der Waals surface area (Å²) in [5.41, 5.74) is 0.245. The van der Waals surface area contributed by atoms with Gasteiger partial charge in [-0.15, -0.1) is 23.2 Å². The number of methoxy groups -OCH3 is 2. The SMILES string of the molecule is COC1(OC)C2(Cl)C(Cl)=C(Cl)C1(Cl)c1c(O)ccc(O)c12. The van der Waals surface area contributed by atoms with Crippen LogP contribution in [0, 0.1) is 0 Å². The molecule has 8 heteroatoms. The standard InChI is InChI=1S/C13H10Cl4O4/c1-20-13(21-2)11(16)7-5(18)3-4-6(19)8(7)12(13,17)10(15)9(11)14/h3-4,18-19H,1-2H3. The molecule has 4 nitrogen and oxygen atoms in total. The smallest absolute Gasteiger partial charge is 0.226 e. The van der Waals surface area contributed by atoms with Crippen molar-refractivity contribution in [1.29, 1.82) is 0 Å². The van der Waals surface area contributed by atoms with Gasteiger partial charge in [-0.05, 0) is 12.1 Å². The molecule has 0 aliphatic heterocycles. The highest BCUT2D eigenvalue weighted by Crippen LogP contribution is 2.77. The first-order valence-electron chi connectivity index (χ1n) is 5.84. The summed E-state index contributed by atoms with van der Waals surface area (Å²) in [6.45, 7) is 0. The molecule has 3 rings (SSSR count). The highest BCUT2D eigenvalue weighted by Gasteiger charge is 2.81. The number of alkyl halides is 2. The largest absolute Gasteiger partial charge is 0.508 e. The Kier molecular flexibility index (Phi) is 3.21. The minimum absolute atomic E-state index is 0.0158. The van der Waals surface area contributed by atoms with Gasteiger partial charge in [-0.25, -0.2) is 0 Å². The minimum atomic E-state index is -1.71. The number of phenolic OH excluding ortho intramolecular Hbond substituents is 2. The van der Waals surface area contributed by atoms with E-state index in [4.69, 9.17) is 55.9 Å². The molecular formula is C13H10Cl4O4. The molecule has 2 aliphatic carbocycles. The zero-order valence-corrected chi connectivity index (χ0v) is 13.9. The first-order valence-corrected chi connectivity index (χ1v) is 7.35. The molecule has 0 aromatic heterocycles. The van der Waals surface area contributed by atoms with E-state index in [1.54, 1.807) is 0 Å². The Hall–Kier alpha value is -0.360. The molecule has 2 N–H and O–H groups in total. The summed E-state index contributed by atoms with van der Waals surface area (Å²) < 4.78 is 10.9. The molecule has 21 heavy (non-hydrogen) atoms. The van der Waals surface area contributed by atoms with E-state index >= 15 is 0 Å². The van der Waals surface area contributed by atoms with Gasteiger partial charge >= 0.3 is 0 Å². The van der Waals surface area contributed by atoms with E-state index in [-0.39, 0.29) is 32.7 Å². The van der Waals surface area contributed by atoms with Gasteiger partial charge in [0.25, 0.3) is 0 Å². The summed E-state index contributed by atoms with van der Waals surface area (Å²) in [6.07, 6.45) is 0. The molecule has 1 aromatic carbocycles. The monoisotopic (exact) mass is 370 g/mol. The topological polar surface area (TPSA) is 58.9 Å². The van der Waals surface area contributed by atoms with Gasteiger partial charge in [-0.2, -0.15) is 0 Å². The first-order chi connectivity index (χ1) is 9.74. The van der Waals surface area contributed by atoms with Crippen molar-refractivity contribution in [1.82, 2.24) is 0 Å². The molecule has 0 fully saturated rings. The second kappa shape index (κ2) is 4.34. The predicted octanol–water partition coefficient (Wildman–Crippen LogP) is 3.67. The lowest BCUT2D eigenvalue weighted by molar-refractivity contribution is -0.228. The fourth-order valence-corrected chi connectivity index (χ4v) is 5.33. The normalized spacial score (nSPS) is 32.7. The summed E-state index contributed by atoms with van der Waals surface area (Å²) >= 11 is 25.9. The molecule has 0 spiro atoms. The summed E-state index contributed by atoms with van der Waals surface area (Å²) in [6, 6.07) is 2.57. The molecule has 0 heterocycles. The van der Waals surface area contributed by atoms with Crippen molar-refractivity contribution in [2.24, 2.45) is 0 Å². The van der Waals surface area contributed by atoms with Gasteiger partial charge in [0, 0.05) is 25.3 Å². The van der Waals surface area contributed by atoms with Gasteiger partial charge in [-0.3, -0.25) is 0 Å². The summed E-state index contributed by atoms with van der Waals surface area (Å²) in [5.74, 6) is -2.10. The van der Waals surface area contributed by atoms with Crippen LogP contribution in [0.1, 0.15) is 11.1 Å². The Labute approximate surface area is 140 Å². The summed E-state index contributed by atoms with van der Waals surface area (Å²) in [4.78, 5) is -3.34. The average molecular weight is 372 g/mol. The van der Waals surface area contributed by atoms with E-state index in [1.165, 1.54) is 26.4 Å². The number of hydrogen-bond acceptors (Lipinski definition) is 4. The van der Waals surface area contributed by atoms with E-state index in [9.17, 15) is 10.2 Å². The Morgan fingerprint density at radius 1 is 0.857 bits per heavy atom. The molecule has 2 bridgehead atoms. The van der Waals surface area contributed by atoms with Crippen LogP contribution in [0.15, 0.2) is 22.2 Å². The number of fused-ring (bicyclic) bond motifs is 5. The van der Waals surface area contributed by atoms with E-state index < -0.39 is 15.5 Å². The van der Waals surface area contributed by atoms with Crippen molar-refractivity contribution >= 4 is 46.4 Å². The van der Waals surface area contributed by atoms with E-state index in [0.717, 1.165) is 0 Å². The van der Waals surface area contributed by atoms with Gasteiger partial charge < -0.3 is 19.7 Å². The third kappa shape index (κ3) is 1.30. The minimum Gasteiger partial charge on any atom is -0.508 e. The predicted molar refractivity (Wildman–Crippen MR) is 80.3 cm³/mol. The van der Waals surface area contributed by atoms with Crippen molar-refractivity contribution in [2.75, 3.05) is 14.2 Å². The second-order valence-electron chi connectivity index (χ2n) is 4.82. The van der Waals surface area contributed by atoms with Crippen molar-refractivity contribution in [3.8, 4) is 11.5 Å². The Morgan fingerprint density at radius 3 is 1.48 bits per heavy atom. The van der Waals surface area contributed by atoms with Gasteiger partial charge in [-0.1, -0.05) is 23.2 Å². The molecule has 2 unspecified atom stereocenters. The van der Waals surface area contributed by atoms with Crippen LogP contribution in [0.5, 0.6) is 11.5 Å². The van der Waals surface area contributed by atoms with Gasteiger partial charge in [0.2, 0.25) is 5.79 Å². The summed E-state index contributed by atoms with van der Waals surface area (Å²) in [7, 11) is 2.66. The zero-order chi connectivity index (χ0) is 15.8. The molecule has 2 aliphatic rings. The quantitative estimate of drug-likeness (QED) is 0.473. The van der Waals surface area contributed by atoms with Crippen molar-refractivity contribution in [2.45, 2.75) is 15.5 Å². The lowest BCUT2D eigenvalue weighted by Crippen LogP contribution is -2.53.